The van der Waals surface area contributed by atoms with Crippen molar-refractivity contribution in [3.8, 4) is 0 Å². The van der Waals surface area contributed by atoms with E-state index >= 15 is 0 Å². The topological polar surface area (TPSA) is 70.4 Å². The van der Waals surface area contributed by atoms with Crippen LogP contribution in [0.5, 0.6) is 0 Å². The fourth-order valence-corrected chi connectivity index (χ4v) is 2.12. The molecule has 2 aromatic rings. The van der Waals surface area contributed by atoms with Crippen molar-refractivity contribution in [1.29, 1.82) is 5.41 Å². The van der Waals surface area contributed by atoms with Crippen LogP contribution < -0.4 is 0 Å². The summed E-state index contributed by atoms with van der Waals surface area (Å²) in [5.74, 6) is -1.23. The van der Waals surface area contributed by atoms with Crippen LogP contribution >= 0.6 is 11.6 Å². The first kappa shape index (κ1) is 16.2. The number of ether oxygens (including phenoxy) is 1. The molecule has 114 valence electrons. The smallest absolute Gasteiger partial charge is 0.349 e. The van der Waals surface area contributed by atoms with Crippen molar-refractivity contribution < 1.29 is 14.6 Å². The molecule has 0 aromatic heterocycles. The lowest BCUT2D eigenvalue weighted by molar-refractivity contribution is -0.129. The molecule has 5 heteroatoms. The van der Waals surface area contributed by atoms with E-state index < -0.39 is 12.1 Å². The first-order valence-corrected chi connectivity index (χ1v) is 7.16. The van der Waals surface area contributed by atoms with Crippen molar-refractivity contribution in [2.75, 3.05) is 0 Å². The number of nitrogens with one attached hydrogen (secondary N) is 1. The van der Waals surface area contributed by atoms with Crippen LogP contribution in [0.15, 0.2) is 54.6 Å². The van der Waals surface area contributed by atoms with Gasteiger partial charge < -0.3 is 9.84 Å². The molecule has 0 saturated heterocycles. The normalized spacial score (nSPS) is 11.9. The van der Waals surface area contributed by atoms with Crippen molar-refractivity contribution in [3.63, 3.8) is 0 Å². The molecule has 0 fully saturated rings. The van der Waals surface area contributed by atoms with Crippen LogP contribution in [0.2, 0.25) is 5.02 Å². The third-order valence-electron chi connectivity index (χ3n) is 3.18. The molecule has 0 aliphatic heterocycles. The molecule has 0 heterocycles. The molecule has 0 spiro atoms. The van der Waals surface area contributed by atoms with Gasteiger partial charge in [-0.1, -0.05) is 54.1 Å². The van der Waals surface area contributed by atoms with Crippen LogP contribution in [0.4, 0.5) is 0 Å². The summed E-state index contributed by atoms with van der Waals surface area (Å²) < 4.78 is 5.83. The SMILES string of the molecule is N=C(CC(OCc1ccccc1)c1ccc(Cl)cc1)C(=O)O. The van der Waals surface area contributed by atoms with Crippen molar-refractivity contribution >= 4 is 23.3 Å². The van der Waals surface area contributed by atoms with E-state index in [9.17, 15) is 4.79 Å². The van der Waals surface area contributed by atoms with E-state index in [-0.39, 0.29) is 12.1 Å². The summed E-state index contributed by atoms with van der Waals surface area (Å²) in [6.45, 7) is 0.348. The molecule has 0 aliphatic rings. The highest BCUT2D eigenvalue weighted by molar-refractivity contribution is 6.34. The number of carbonyl (C=O) groups is 1. The first-order chi connectivity index (χ1) is 10.6. The zero-order chi connectivity index (χ0) is 15.9. The number of benzene rings is 2. The average Bonchev–Trinajstić information content (AvgIpc) is 2.53. The van der Waals surface area contributed by atoms with E-state index in [0.29, 0.717) is 11.6 Å². The number of carboxylic acid groups (broad SMARTS) is 1. The molecule has 1 unspecified atom stereocenters. The number of aliphatic carboxylic acids is 1. The maximum absolute atomic E-state index is 10.9. The van der Waals surface area contributed by atoms with Gasteiger partial charge in [-0.3, -0.25) is 5.41 Å². The Bertz CT molecular complexity index is 641. The quantitative estimate of drug-likeness (QED) is 0.755. The molecule has 22 heavy (non-hydrogen) atoms. The van der Waals surface area contributed by atoms with E-state index in [1.165, 1.54) is 0 Å². The second kappa shape index (κ2) is 7.73. The van der Waals surface area contributed by atoms with Crippen LogP contribution in [0.1, 0.15) is 23.7 Å². The Morgan fingerprint density at radius 1 is 1.14 bits per heavy atom. The summed E-state index contributed by atoms with van der Waals surface area (Å²) in [5.41, 5.74) is 1.41. The van der Waals surface area contributed by atoms with Gasteiger partial charge >= 0.3 is 5.97 Å². The fourth-order valence-electron chi connectivity index (χ4n) is 1.99. The Kier molecular flexibility index (Phi) is 5.69. The zero-order valence-electron chi connectivity index (χ0n) is 11.8. The van der Waals surface area contributed by atoms with E-state index in [4.69, 9.17) is 26.9 Å². The lowest BCUT2D eigenvalue weighted by Crippen LogP contribution is -2.17. The number of halogens is 1. The third kappa shape index (κ3) is 4.69. The van der Waals surface area contributed by atoms with Gasteiger partial charge in [0.2, 0.25) is 0 Å². The number of hydrogen-bond acceptors (Lipinski definition) is 3. The van der Waals surface area contributed by atoms with Crippen LogP contribution in [0.3, 0.4) is 0 Å². The van der Waals surface area contributed by atoms with Crippen molar-refractivity contribution in [2.45, 2.75) is 19.1 Å². The minimum Gasteiger partial charge on any atom is -0.477 e. The highest BCUT2D eigenvalue weighted by Crippen LogP contribution is 2.25. The molecule has 0 bridgehead atoms. The Hall–Kier alpha value is -2.17. The molecule has 1 atom stereocenters. The number of carboxylic acids is 1. The van der Waals surface area contributed by atoms with Gasteiger partial charge in [-0.2, -0.15) is 0 Å². The van der Waals surface area contributed by atoms with Crippen LogP contribution in [0, 0.1) is 5.41 Å². The Morgan fingerprint density at radius 2 is 1.77 bits per heavy atom. The number of rotatable bonds is 7. The van der Waals surface area contributed by atoms with Crippen molar-refractivity contribution in [1.82, 2.24) is 0 Å². The van der Waals surface area contributed by atoms with Gasteiger partial charge in [0, 0.05) is 11.4 Å². The Morgan fingerprint density at radius 3 is 2.36 bits per heavy atom. The molecule has 0 amide bonds. The Balaban J connectivity index is 2.12. The van der Waals surface area contributed by atoms with E-state index in [1.54, 1.807) is 24.3 Å². The summed E-state index contributed by atoms with van der Waals surface area (Å²) in [6.07, 6.45) is -0.495. The monoisotopic (exact) mass is 317 g/mol. The minimum atomic E-state index is -1.23. The Labute approximate surface area is 133 Å². The first-order valence-electron chi connectivity index (χ1n) is 6.78. The predicted octanol–water partition coefficient (Wildman–Crippen LogP) is 4.09. The maximum Gasteiger partial charge on any atom is 0.349 e. The summed E-state index contributed by atoms with van der Waals surface area (Å²) >= 11 is 5.87. The lowest BCUT2D eigenvalue weighted by atomic mass is 10.0. The molecule has 2 aromatic carbocycles. The third-order valence-corrected chi connectivity index (χ3v) is 3.44. The standard InChI is InChI=1S/C17H16ClNO3/c18-14-8-6-13(7-9-14)16(10-15(19)17(20)21)22-11-12-4-2-1-3-5-12/h1-9,16,19H,10-11H2,(H,20,21). The molecule has 4 nitrogen and oxygen atoms in total. The van der Waals surface area contributed by atoms with Gasteiger partial charge in [-0.15, -0.1) is 0 Å². The van der Waals surface area contributed by atoms with E-state index in [0.717, 1.165) is 11.1 Å². The molecule has 2 rings (SSSR count). The average molecular weight is 318 g/mol. The molecular weight excluding hydrogens is 302 g/mol. The van der Waals surface area contributed by atoms with Gasteiger partial charge in [0.05, 0.1) is 12.7 Å². The van der Waals surface area contributed by atoms with E-state index in [1.807, 2.05) is 30.3 Å². The van der Waals surface area contributed by atoms with Crippen LogP contribution in [-0.2, 0) is 16.1 Å². The molecular formula is C17H16ClNO3. The maximum atomic E-state index is 10.9. The minimum absolute atomic E-state index is 0.00377. The van der Waals surface area contributed by atoms with Crippen molar-refractivity contribution in [3.05, 3.63) is 70.7 Å². The molecule has 0 aliphatic carbocycles. The second-order valence-electron chi connectivity index (χ2n) is 4.82. The largest absolute Gasteiger partial charge is 0.477 e. The fraction of sp³-hybridized carbons (Fsp3) is 0.176. The molecule has 2 N–H and O–H groups in total. The highest BCUT2D eigenvalue weighted by atomic mass is 35.5. The van der Waals surface area contributed by atoms with E-state index in [2.05, 4.69) is 0 Å². The van der Waals surface area contributed by atoms with Gasteiger partial charge in [0.25, 0.3) is 0 Å². The lowest BCUT2D eigenvalue weighted by Gasteiger charge is -2.18. The second-order valence-corrected chi connectivity index (χ2v) is 5.26. The summed E-state index contributed by atoms with van der Waals surface area (Å²) in [5, 5.41) is 17.0. The predicted molar refractivity (Wildman–Crippen MR) is 85.4 cm³/mol. The van der Waals surface area contributed by atoms with Gasteiger partial charge in [0.15, 0.2) is 0 Å². The summed E-state index contributed by atoms with van der Waals surface area (Å²) in [7, 11) is 0. The zero-order valence-corrected chi connectivity index (χ0v) is 12.6. The summed E-state index contributed by atoms with van der Waals surface area (Å²) in [4.78, 5) is 10.9. The van der Waals surface area contributed by atoms with Gasteiger partial charge in [-0.25, -0.2) is 4.79 Å². The molecule has 0 saturated carbocycles. The van der Waals surface area contributed by atoms with Gasteiger partial charge in [0.1, 0.15) is 5.71 Å². The van der Waals surface area contributed by atoms with Crippen molar-refractivity contribution in [2.24, 2.45) is 0 Å². The summed E-state index contributed by atoms with van der Waals surface area (Å²) in [6, 6.07) is 16.6. The van der Waals surface area contributed by atoms with Crippen LogP contribution in [-0.4, -0.2) is 16.8 Å². The number of hydrogen-bond donors (Lipinski definition) is 2. The van der Waals surface area contributed by atoms with Gasteiger partial charge in [-0.05, 0) is 23.3 Å². The highest BCUT2D eigenvalue weighted by Gasteiger charge is 2.18. The molecule has 0 radical (unpaired) electrons. The van der Waals surface area contributed by atoms with Crippen LogP contribution in [0.25, 0.3) is 0 Å².